The van der Waals surface area contributed by atoms with Crippen molar-refractivity contribution in [2.75, 3.05) is 30.6 Å². The van der Waals surface area contributed by atoms with Crippen LogP contribution in [0.15, 0.2) is 52.9 Å². The van der Waals surface area contributed by atoms with Crippen LogP contribution in [0, 0.1) is 5.92 Å². The van der Waals surface area contributed by atoms with Crippen LogP contribution in [-0.2, 0) is 10.0 Å². The molecule has 32 heavy (non-hydrogen) atoms. The molecule has 0 aliphatic carbocycles. The molecular weight excluding hydrogens is 450 g/mol. The van der Waals surface area contributed by atoms with Crippen molar-refractivity contribution in [2.45, 2.75) is 18.9 Å². The van der Waals surface area contributed by atoms with E-state index in [1.807, 2.05) is 24.3 Å². The van der Waals surface area contributed by atoms with Crippen LogP contribution < -0.4 is 10.0 Å². The lowest BCUT2D eigenvalue weighted by molar-refractivity contribution is 0.0607. The molecule has 3 aliphatic rings. The Morgan fingerprint density at radius 2 is 1.84 bits per heavy atom. The molecule has 1 atom stereocenters. The van der Waals surface area contributed by atoms with Gasteiger partial charge < -0.3 is 14.6 Å². The van der Waals surface area contributed by atoms with Crippen molar-refractivity contribution in [2.24, 2.45) is 5.92 Å². The highest BCUT2D eigenvalue weighted by Crippen LogP contribution is 2.33. The van der Waals surface area contributed by atoms with Crippen LogP contribution in [0.25, 0.3) is 22.1 Å². The lowest BCUT2D eigenvalue weighted by Crippen LogP contribution is -2.57. The fourth-order valence-corrected chi connectivity index (χ4v) is 5.29. The van der Waals surface area contributed by atoms with Crippen LogP contribution in [0.5, 0.6) is 0 Å². The number of nitrogens with zero attached hydrogens (tertiary/aromatic N) is 1. The second-order valence-electron chi connectivity index (χ2n) is 8.51. The number of hydrogen-bond acceptors (Lipinski definition) is 5. The van der Waals surface area contributed by atoms with E-state index < -0.39 is 10.0 Å². The summed E-state index contributed by atoms with van der Waals surface area (Å²) in [6.07, 6.45) is 3.38. The summed E-state index contributed by atoms with van der Waals surface area (Å²) in [6, 6.07) is 14.8. The van der Waals surface area contributed by atoms with E-state index in [-0.39, 0.29) is 24.4 Å². The summed E-state index contributed by atoms with van der Waals surface area (Å²) in [4.78, 5) is 15.3. The number of anilines is 1. The number of piperidine rings is 3. The van der Waals surface area contributed by atoms with Crippen LogP contribution in [0.2, 0.25) is 0 Å². The molecule has 2 aromatic carbocycles. The number of furan rings is 1. The third-order valence-corrected chi connectivity index (χ3v) is 6.82. The van der Waals surface area contributed by atoms with Crippen molar-refractivity contribution in [3.63, 3.8) is 0 Å². The zero-order chi connectivity index (χ0) is 21.6. The van der Waals surface area contributed by atoms with Gasteiger partial charge in [-0.25, -0.2) is 8.42 Å². The maximum Gasteiger partial charge on any atom is 0.287 e. The second kappa shape index (κ2) is 8.77. The summed E-state index contributed by atoms with van der Waals surface area (Å²) in [7, 11) is -3.37. The number of hydrogen-bond donors (Lipinski definition) is 2. The highest BCUT2D eigenvalue weighted by molar-refractivity contribution is 7.92. The first-order chi connectivity index (χ1) is 14.9. The Labute approximate surface area is 193 Å². The van der Waals surface area contributed by atoms with Gasteiger partial charge in [0.2, 0.25) is 10.0 Å². The van der Waals surface area contributed by atoms with E-state index in [0.717, 1.165) is 55.2 Å². The van der Waals surface area contributed by atoms with Gasteiger partial charge in [0.05, 0.1) is 6.26 Å². The van der Waals surface area contributed by atoms with Crippen LogP contribution in [-0.4, -0.2) is 51.2 Å². The van der Waals surface area contributed by atoms with Crippen molar-refractivity contribution < 1.29 is 17.6 Å². The molecule has 0 unspecified atom stereocenters. The molecule has 3 saturated heterocycles. The van der Waals surface area contributed by atoms with Gasteiger partial charge in [0.25, 0.3) is 5.91 Å². The van der Waals surface area contributed by atoms with Gasteiger partial charge in [0.15, 0.2) is 5.76 Å². The maximum atomic E-state index is 12.9. The smallest absolute Gasteiger partial charge is 0.287 e. The minimum atomic E-state index is -3.37. The first-order valence-electron chi connectivity index (χ1n) is 10.5. The topological polar surface area (TPSA) is 91.6 Å². The summed E-state index contributed by atoms with van der Waals surface area (Å²) < 4.78 is 31.7. The van der Waals surface area contributed by atoms with Crippen LogP contribution in [0.4, 0.5) is 5.69 Å². The van der Waals surface area contributed by atoms with Crippen LogP contribution >= 0.6 is 12.4 Å². The Morgan fingerprint density at radius 1 is 1.09 bits per heavy atom. The minimum Gasteiger partial charge on any atom is -0.450 e. The molecule has 2 N–H and O–H groups in total. The molecule has 6 rings (SSSR count). The van der Waals surface area contributed by atoms with E-state index in [1.54, 1.807) is 24.3 Å². The normalized spacial score (nSPS) is 22.3. The molecule has 0 spiro atoms. The lowest BCUT2D eigenvalue weighted by atomic mass is 9.84. The van der Waals surface area contributed by atoms with Gasteiger partial charge in [0.1, 0.15) is 5.58 Å². The number of nitrogens with one attached hydrogen (secondary N) is 2. The SMILES string of the molecule is CS(=O)(=O)Nc1cccc(-c2cccc3cc(C(=O)N[C@H]4CN5CCC4CC5)oc23)c1.Cl. The summed E-state index contributed by atoms with van der Waals surface area (Å²) in [6.45, 7) is 3.15. The van der Waals surface area contributed by atoms with Crippen molar-refractivity contribution in [1.82, 2.24) is 10.2 Å². The molecule has 2 bridgehead atoms. The van der Waals surface area contributed by atoms with Gasteiger partial charge in [-0.1, -0.05) is 30.3 Å². The summed E-state index contributed by atoms with van der Waals surface area (Å²) in [5, 5.41) is 4.00. The van der Waals surface area contributed by atoms with Gasteiger partial charge in [-0.2, -0.15) is 0 Å². The lowest BCUT2D eigenvalue weighted by Gasteiger charge is -2.44. The third kappa shape index (κ3) is 4.62. The monoisotopic (exact) mass is 475 g/mol. The predicted molar refractivity (Wildman–Crippen MR) is 128 cm³/mol. The van der Waals surface area contributed by atoms with Gasteiger partial charge >= 0.3 is 0 Å². The molecule has 1 amide bonds. The minimum absolute atomic E-state index is 0. The molecule has 4 heterocycles. The van der Waals surface area contributed by atoms with E-state index in [0.29, 0.717) is 22.9 Å². The summed E-state index contributed by atoms with van der Waals surface area (Å²) >= 11 is 0. The van der Waals surface area contributed by atoms with Crippen molar-refractivity contribution >= 4 is 45.0 Å². The quantitative estimate of drug-likeness (QED) is 0.586. The van der Waals surface area contributed by atoms with Crippen molar-refractivity contribution in [3.8, 4) is 11.1 Å². The Morgan fingerprint density at radius 3 is 2.53 bits per heavy atom. The van der Waals surface area contributed by atoms with E-state index in [9.17, 15) is 13.2 Å². The largest absolute Gasteiger partial charge is 0.450 e. The third-order valence-electron chi connectivity index (χ3n) is 6.22. The number of rotatable bonds is 5. The molecule has 1 aromatic heterocycles. The van der Waals surface area contributed by atoms with E-state index >= 15 is 0 Å². The van der Waals surface area contributed by atoms with Gasteiger partial charge in [-0.05, 0) is 55.6 Å². The zero-order valence-electron chi connectivity index (χ0n) is 17.7. The summed E-state index contributed by atoms with van der Waals surface area (Å²) in [5.74, 6) is 0.650. The van der Waals surface area contributed by atoms with Crippen molar-refractivity contribution in [1.29, 1.82) is 0 Å². The number of amides is 1. The van der Waals surface area contributed by atoms with Crippen LogP contribution in [0.3, 0.4) is 0 Å². The first-order valence-corrected chi connectivity index (χ1v) is 12.4. The van der Waals surface area contributed by atoms with E-state index in [4.69, 9.17) is 4.42 Å². The van der Waals surface area contributed by atoms with Gasteiger partial charge in [-0.3, -0.25) is 9.52 Å². The average Bonchev–Trinajstić information content (AvgIpc) is 3.18. The van der Waals surface area contributed by atoms with Gasteiger partial charge in [-0.15, -0.1) is 12.4 Å². The Balaban J connectivity index is 0.00000245. The number of para-hydroxylation sites is 1. The van der Waals surface area contributed by atoms with Gasteiger partial charge in [0, 0.05) is 29.2 Å². The molecule has 3 aromatic rings. The Kier molecular flexibility index (Phi) is 6.20. The van der Waals surface area contributed by atoms with E-state index in [1.165, 1.54) is 0 Å². The maximum absolute atomic E-state index is 12.9. The fourth-order valence-electron chi connectivity index (χ4n) is 4.73. The highest BCUT2D eigenvalue weighted by Gasteiger charge is 2.35. The molecule has 0 radical (unpaired) electrons. The average molecular weight is 476 g/mol. The second-order valence-corrected chi connectivity index (χ2v) is 10.3. The number of sulfonamides is 1. The standard InChI is InChI=1S/C23H25N3O4S.ClH/c1-31(28,29)25-18-6-2-4-16(12-18)19-7-3-5-17-13-21(30-22(17)19)23(27)24-20-14-26-10-8-15(20)9-11-26;/h2-7,12-13,15,20,25H,8-11,14H2,1H3,(H,24,27);1H/t20-;/m0./s1. The molecule has 170 valence electrons. The molecule has 3 fully saturated rings. The van der Waals surface area contributed by atoms with Crippen molar-refractivity contribution in [3.05, 3.63) is 54.3 Å². The molecule has 7 nitrogen and oxygen atoms in total. The molecule has 9 heteroatoms. The first kappa shape index (κ1) is 22.6. The number of carbonyl (C=O) groups is 1. The number of halogens is 1. The molecule has 0 saturated carbocycles. The molecular formula is C23H26ClN3O4S. The number of benzene rings is 2. The fraction of sp³-hybridized carbons (Fsp3) is 0.348. The zero-order valence-corrected chi connectivity index (χ0v) is 19.3. The number of fused-ring (bicyclic) bond motifs is 4. The highest BCUT2D eigenvalue weighted by atomic mass is 35.5. The van der Waals surface area contributed by atoms with Crippen LogP contribution in [0.1, 0.15) is 23.4 Å². The summed E-state index contributed by atoms with van der Waals surface area (Å²) in [5.41, 5.74) is 2.69. The molecule has 3 aliphatic heterocycles. The Bertz CT molecular complexity index is 1250. The van der Waals surface area contributed by atoms with E-state index in [2.05, 4.69) is 14.9 Å². The predicted octanol–water partition coefficient (Wildman–Crippen LogP) is 3.72. The number of carbonyl (C=O) groups excluding carboxylic acids is 1. The Hall–Kier alpha value is -2.55.